The molecule has 1 atom stereocenters. The molecule has 0 fully saturated rings. The first kappa shape index (κ1) is 14.4. The van der Waals surface area contributed by atoms with E-state index >= 15 is 0 Å². The van der Waals surface area contributed by atoms with E-state index in [1.165, 1.54) is 24.3 Å². The number of benzene rings is 1. The Morgan fingerprint density at radius 3 is 2.33 bits per heavy atom. The zero-order chi connectivity index (χ0) is 13.8. The van der Waals surface area contributed by atoms with Crippen LogP contribution in [0.3, 0.4) is 0 Å². The Kier molecular flexibility index (Phi) is 4.64. The van der Waals surface area contributed by atoms with Crippen molar-refractivity contribution in [2.24, 2.45) is 5.41 Å². The molecular weight excluding hydrogens is 237 g/mol. The van der Waals surface area contributed by atoms with E-state index in [1.54, 1.807) is 0 Å². The molecule has 0 aliphatic carbocycles. The molecule has 0 aromatic heterocycles. The highest BCUT2D eigenvalue weighted by atomic mass is 19.1. The summed E-state index contributed by atoms with van der Waals surface area (Å²) in [6, 6.07) is 5.63. The van der Waals surface area contributed by atoms with Crippen molar-refractivity contribution in [3.05, 3.63) is 34.4 Å². The van der Waals surface area contributed by atoms with Gasteiger partial charge in [-0.05, 0) is 24.0 Å². The van der Waals surface area contributed by atoms with Crippen LogP contribution in [-0.4, -0.2) is 17.7 Å². The van der Waals surface area contributed by atoms with Crippen molar-refractivity contribution in [2.45, 2.75) is 33.4 Å². The van der Waals surface area contributed by atoms with E-state index in [-0.39, 0.29) is 17.7 Å². The van der Waals surface area contributed by atoms with Crippen molar-refractivity contribution >= 4 is 5.69 Å². The van der Waals surface area contributed by atoms with E-state index in [0.29, 0.717) is 12.2 Å². The highest BCUT2D eigenvalue weighted by Crippen LogP contribution is 2.23. The van der Waals surface area contributed by atoms with Gasteiger partial charge in [0.15, 0.2) is 0 Å². The van der Waals surface area contributed by atoms with Crippen LogP contribution in [0.5, 0.6) is 5.75 Å². The molecule has 5 heteroatoms. The second-order valence-electron chi connectivity index (χ2n) is 5.42. The number of nitro benzene ring substituents is 1. The zero-order valence-corrected chi connectivity index (χ0v) is 10.9. The molecule has 1 aromatic carbocycles. The lowest BCUT2D eigenvalue weighted by molar-refractivity contribution is -0.384. The van der Waals surface area contributed by atoms with Crippen molar-refractivity contribution in [2.75, 3.05) is 6.61 Å². The van der Waals surface area contributed by atoms with Gasteiger partial charge in [-0.2, -0.15) is 0 Å². The largest absolute Gasteiger partial charge is 0.491 e. The predicted octanol–water partition coefficient (Wildman–Crippen LogP) is 3.75. The second kappa shape index (κ2) is 5.80. The molecule has 0 spiro atoms. The van der Waals surface area contributed by atoms with E-state index in [9.17, 15) is 14.5 Å². The highest BCUT2D eigenvalue weighted by Gasteiger charge is 2.18. The van der Waals surface area contributed by atoms with E-state index in [2.05, 4.69) is 0 Å². The predicted molar refractivity (Wildman–Crippen MR) is 67.6 cm³/mol. The number of halogens is 1. The lowest BCUT2D eigenvalue weighted by Crippen LogP contribution is -2.20. The van der Waals surface area contributed by atoms with Crippen LogP contribution >= 0.6 is 0 Å². The Bertz CT molecular complexity index is 398. The molecule has 0 N–H and O–H groups in total. The number of nitrogens with zero attached hydrogens (tertiary/aromatic N) is 1. The lowest BCUT2D eigenvalue weighted by atomic mass is 9.90. The molecule has 0 radical (unpaired) electrons. The molecule has 0 amide bonds. The molecule has 1 rings (SSSR count). The van der Waals surface area contributed by atoms with Gasteiger partial charge in [0.25, 0.3) is 5.69 Å². The molecule has 4 nitrogen and oxygen atoms in total. The molecule has 1 aromatic rings. The minimum atomic E-state index is -1.04. The molecule has 0 heterocycles. The van der Waals surface area contributed by atoms with Crippen molar-refractivity contribution in [1.29, 1.82) is 0 Å². The van der Waals surface area contributed by atoms with Crippen molar-refractivity contribution in [3.8, 4) is 5.75 Å². The molecule has 0 saturated carbocycles. The Labute approximate surface area is 106 Å². The van der Waals surface area contributed by atoms with Crippen LogP contribution in [0.2, 0.25) is 0 Å². The van der Waals surface area contributed by atoms with Gasteiger partial charge in [0, 0.05) is 12.1 Å². The fourth-order valence-corrected chi connectivity index (χ4v) is 1.57. The first-order valence-electron chi connectivity index (χ1n) is 5.79. The normalized spacial score (nSPS) is 13.1. The summed E-state index contributed by atoms with van der Waals surface area (Å²) >= 11 is 0. The summed E-state index contributed by atoms with van der Waals surface area (Å²) in [7, 11) is 0. The minimum absolute atomic E-state index is 0.00570. The van der Waals surface area contributed by atoms with Gasteiger partial charge >= 0.3 is 0 Å². The number of hydrogen-bond donors (Lipinski definition) is 0. The minimum Gasteiger partial charge on any atom is -0.491 e. The summed E-state index contributed by atoms with van der Waals surface area (Å²) in [6.07, 6.45) is -0.625. The van der Waals surface area contributed by atoms with Gasteiger partial charge in [-0.1, -0.05) is 20.8 Å². The van der Waals surface area contributed by atoms with Gasteiger partial charge in [-0.3, -0.25) is 10.1 Å². The average Bonchev–Trinajstić information content (AvgIpc) is 2.24. The Morgan fingerprint density at radius 2 is 1.89 bits per heavy atom. The van der Waals surface area contributed by atoms with Crippen LogP contribution < -0.4 is 4.74 Å². The molecule has 100 valence electrons. The molecule has 18 heavy (non-hydrogen) atoms. The maximum absolute atomic E-state index is 13.6. The van der Waals surface area contributed by atoms with Crippen molar-refractivity contribution in [3.63, 3.8) is 0 Å². The average molecular weight is 255 g/mol. The van der Waals surface area contributed by atoms with Crippen LogP contribution in [-0.2, 0) is 0 Å². The van der Waals surface area contributed by atoms with Gasteiger partial charge in [-0.15, -0.1) is 0 Å². The summed E-state index contributed by atoms with van der Waals surface area (Å²) in [4.78, 5) is 9.95. The number of alkyl halides is 1. The fourth-order valence-electron chi connectivity index (χ4n) is 1.57. The van der Waals surface area contributed by atoms with Crippen LogP contribution in [0.1, 0.15) is 27.2 Å². The van der Waals surface area contributed by atoms with Crippen LogP contribution in [0.15, 0.2) is 24.3 Å². The number of rotatable bonds is 5. The van der Waals surface area contributed by atoms with Crippen molar-refractivity contribution < 1.29 is 14.1 Å². The summed E-state index contributed by atoms with van der Waals surface area (Å²) in [5, 5.41) is 10.4. The third kappa shape index (κ3) is 5.12. The molecule has 0 saturated heterocycles. The summed E-state index contributed by atoms with van der Waals surface area (Å²) < 4.78 is 18.8. The van der Waals surface area contributed by atoms with E-state index in [0.717, 1.165) is 0 Å². The smallest absolute Gasteiger partial charge is 0.269 e. The van der Waals surface area contributed by atoms with Gasteiger partial charge in [0.1, 0.15) is 18.5 Å². The van der Waals surface area contributed by atoms with Crippen LogP contribution in [0.4, 0.5) is 10.1 Å². The van der Waals surface area contributed by atoms with E-state index < -0.39 is 11.1 Å². The zero-order valence-electron chi connectivity index (χ0n) is 10.9. The third-order valence-electron chi connectivity index (χ3n) is 2.31. The van der Waals surface area contributed by atoms with Crippen molar-refractivity contribution in [1.82, 2.24) is 0 Å². The van der Waals surface area contributed by atoms with Gasteiger partial charge < -0.3 is 4.74 Å². The van der Waals surface area contributed by atoms with E-state index in [1.807, 2.05) is 20.8 Å². The SMILES string of the molecule is CC(C)(C)CC(F)COc1ccc([N+](=O)[O-])cc1. The van der Waals surface area contributed by atoms with Crippen LogP contribution in [0.25, 0.3) is 0 Å². The van der Waals surface area contributed by atoms with E-state index in [4.69, 9.17) is 4.74 Å². The first-order chi connectivity index (χ1) is 8.28. The molecular formula is C13H18FNO3. The first-order valence-corrected chi connectivity index (χ1v) is 5.79. The van der Waals surface area contributed by atoms with Gasteiger partial charge in [0.2, 0.25) is 0 Å². The molecule has 1 unspecified atom stereocenters. The summed E-state index contributed by atoms with van der Waals surface area (Å²) in [5.41, 5.74) is -0.0908. The maximum atomic E-state index is 13.6. The summed E-state index contributed by atoms with van der Waals surface area (Å²) in [6.45, 7) is 5.86. The standard InChI is InChI=1S/C13H18FNO3/c1-13(2,3)8-10(14)9-18-12-6-4-11(5-7-12)15(16)17/h4-7,10H,8-9H2,1-3H3. The highest BCUT2D eigenvalue weighted by molar-refractivity contribution is 5.35. The monoisotopic (exact) mass is 255 g/mol. The molecule has 0 aliphatic heterocycles. The molecule has 0 bridgehead atoms. The maximum Gasteiger partial charge on any atom is 0.269 e. The summed E-state index contributed by atoms with van der Waals surface area (Å²) in [5.74, 6) is 0.442. The van der Waals surface area contributed by atoms with Gasteiger partial charge in [-0.25, -0.2) is 4.39 Å². The lowest BCUT2D eigenvalue weighted by Gasteiger charge is -2.20. The molecule has 0 aliphatic rings. The Balaban J connectivity index is 2.46. The Morgan fingerprint density at radius 1 is 1.33 bits per heavy atom. The quantitative estimate of drug-likeness (QED) is 0.594. The number of hydrogen-bond acceptors (Lipinski definition) is 3. The topological polar surface area (TPSA) is 52.4 Å². The second-order valence-corrected chi connectivity index (χ2v) is 5.42. The number of non-ortho nitro benzene ring substituents is 1. The number of ether oxygens (including phenoxy) is 1. The Hall–Kier alpha value is -1.65. The fraction of sp³-hybridized carbons (Fsp3) is 0.538. The van der Waals surface area contributed by atoms with Crippen LogP contribution in [0, 0.1) is 15.5 Å². The third-order valence-corrected chi connectivity index (χ3v) is 2.31. The van der Waals surface area contributed by atoms with Gasteiger partial charge in [0.05, 0.1) is 4.92 Å². The number of nitro groups is 1.